The summed E-state index contributed by atoms with van der Waals surface area (Å²) in [6, 6.07) is 0. The number of hydrogen-bond donors (Lipinski definition) is 2. The second kappa shape index (κ2) is 8.63. The minimum absolute atomic E-state index is 0.0999. The third kappa shape index (κ3) is 4.72. The zero-order valence-corrected chi connectivity index (χ0v) is 16.4. The van der Waals surface area contributed by atoms with Crippen molar-refractivity contribution >= 4 is 7.60 Å². The number of aliphatic hydroxyl groups is 1. The summed E-state index contributed by atoms with van der Waals surface area (Å²) in [6.45, 7) is 7.36. The van der Waals surface area contributed by atoms with Crippen LogP contribution in [0.1, 0.15) is 39.0 Å². The first-order valence-corrected chi connectivity index (χ1v) is 10.5. The summed E-state index contributed by atoms with van der Waals surface area (Å²) in [7, 11) is -3.28. The van der Waals surface area contributed by atoms with Crippen LogP contribution < -0.4 is 11.2 Å². The van der Waals surface area contributed by atoms with E-state index >= 15 is 0 Å². The van der Waals surface area contributed by atoms with Crippen LogP contribution in [-0.2, 0) is 18.3 Å². The molecule has 0 bridgehead atoms. The predicted octanol–water partition coefficient (Wildman–Crippen LogP) is 1.40. The summed E-state index contributed by atoms with van der Waals surface area (Å²) >= 11 is 0. The fourth-order valence-electron chi connectivity index (χ4n) is 3.15. The number of aryl methyl sites for hydroxylation is 1. The second-order valence-electron chi connectivity index (χ2n) is 6.44. The normalized spacial score (nSPS) is 24.7. The Morgan fingerprint density at radius 3 is 2.58 bits per heavy atom. The lowest BCUT2D eigenvalue weighted by Gasteiger charge is -2.26. The minimum atomic E-state index is -3.28. The van der Waals surface area contributed by atoms with E-state index in [2.05, 4.69) is 4.98 Å². The highest BCUT2D eigenvalue weighted by molar-refractivity contribution is 7.53. The molecule has 0 spiro atoms. The molecule has 0 amide bonds. The van der Waals surface area contributed by atoms with Gasteiger partial charge in [0.05, 0.1) is 31.6 Å². The first-order chi connectivity index (χ1) is 12.2. The highest BCUT2D eigenvalue weighted by Gasteiger charge is 2.41. The fraction of sp³-hybridized carbons (Fsp3) is 0.750. The lowest BCUT2D eigenvalue weighted by molar-refractivity contribution is -0.0435. The minimum Gasteiger partial charge on any atom is -0.390 e. The Kier molecular flexibility index (Phi) is 6.99. The van der Waals surface area contributed by atoms with E-state index in [0.29, 0.717) is 5.56 Å². The largest absolute Gasteiger partial charge is 0.390 e. The van der Waals surface area contributed by atoms with Crippen LogP contribution in [0.15, 0.2) is 15.8 Å². The number of nitrogens with zero attached hydrogens (tertiary/aromatic N) is 1. The van der Waals surface area contributed by atoms with Crippen molar-refractivity contribution in [1.82, 2.24) is 9.55 Å². The van der Waals surface area contributed by atoms with E-state index in [-0.39, 0.29) is 31.7 Å². The number of nitrogens with one attached hydrogen (secondary N) is 1. The van der Waals surface area contributed by atoms with Gasteiger partial charge in [-0.25, -0.2) is 4.79 Å². The molecule has 2 N–H and O–H groups in total. The van der Waals surface area contributed by atoms with Crippen molar-refractivity contribution in [3.05, 3.63) is 32.6 Å². The lowest BCUT2D eigenvalue weighted by atomic mass is 10.0. The average molecular weight is 390 g/mol. The van der Waals surface area contributed by atoms with E-state index in [1.54, 1.807) is 27.7 Å². The maximum atomic E-state index is 12.7. The van der Waals surface area contributed by atoms with E-state index < -0.39 is 37.3 Å². The Labute approximate surface area is 151 Å². The Balaban J connectivity index is 2.15. The third-order valence-electron chi connectivity index (χ3n) is 4.32. The van der Waals surface area contributed by atoms with Gasteiger partial charge >= 0.3 is 13.3 Å². The van der Waals surface area contributed by atoms with Crippen LogP contribution in [0.4, 0.5) is 0 Å². The van der Waals surface area contributed by atoms with Gasteiger partial charge in [0.2, 0.25) is 0 Å². The van der Waals surface area contributed by atoms with Crippen molar-refractivity contribution in [3.8, 4) is 0 Å². The Morgan fingerprint density at radius 1 is 1.38 bits per heavy atom. The molecule has 26 heavy (non-hydrogen) atoms. The van der Waals surface area contributed by atoms with E-state index in [4.69, 9.17) is 13.8 Å². The number of aromatic amines is 1. The maximum Gasteiger partial charge on any atom is 0.331 e. The van der Waals surface area contributed by atoms with E-state index in [0.717, 1.165) is 0 Å². The molecule has 1 aliphatic rings. The number of aromatic nitrogens is 2. The molecule has 2 rings (SSSR count). The molecule has 0 aliphatic carbocycles. The van der Waals surface area contributed by atoms with Gasteiger partial charge in [-0.15, -0.1) is 0 Å². The molecule has 1 aliphatic heterocycles. The number of H-pyrrole nitrogens is 1. The summed E-state index contributed by atoms with van der Waals surface area (Å²) in [6.07, 6.45) is -0.480. The van der Waals surface area contributed by atoms with E-state index in [1.807, 2.05) is 0 Å². The molecule has 2 heterocycles. The monoisotopic (exact) mass is 390 g/mol. The standard InChI is InChI=1S/C16H27N2O7P/c1-5-23-26(22,24-6-2)9-11(4)14-12(19)7-13(25-14)18-8-10(3)15(20)17-16(18)21/h8,11-14,19H,5-7,9H2,1-4H3,(H,17,20,21)/t11-,12-,13?,14?/m0/s1. The SMILES string of the molecule is CCOP(=O)(C[C@H](C)C1OC(n2cc(C)c(=O)[nH]c2=O)C[C@@H]1O)OCC. The molecular weight excluding hydrogens is 363 g/mol. The number of hydrogen-bond acceptors (Lipinski definition) is 7. The van der Waals surface area contributed by atoms with Gasteiger partial charge in [0.15, 0.2) is 0 Å². The molecule has 9 nitrogen and oxygen atoms in total. The first kappa shape index (κ1) is 21.1. The molecule has 0 radical (unpaired) electrons. The van der Waals surface area contributed by atoms with Gasteiger partial charge in [-0.1, -0.05) is 6.92 Å². The molecule has 10 heteroatoms. The molecule has 1 aromatic heterocycles. The Hall–Kier alpha value is -1.25. The molecular formula is C16H27N2O7P. The van der Waals surface area contributed by atoms with Gasteiger partial charge in [0.1, 0.15) is 6.23 Å². The fourth-order valence-corrected chi connectivity index (χ4v) is 5.14. The molecule has 1 saturated heterocycles. The number of ether oxygens (including phenoxy) is 1. The molecule has 148 valence electrons. The molecule has 0 saturated carbocycles. The van der Waals surface area contributed by atoms with Crippen molar-refractivity contribution in [3.63, 3.8) is 0 Å². The molecule has 1 fully saturated rings. The van der Waals surface area contributed by atoms with Gasteiger partial charge in [-0.3, -0.25) is 18.9 Å². The van der Waals surface area contributed by atoms with Crippen LogP contribution in [0.25, 0.3) is 0 Å². The van der Waals surface area contributed by atoms with Gasteiger partial charge in [-0.2, -0.15) is 0 Å². The molecule has 2 unspecified atom stereocenters. The summed E-state index contributed by atoms with van der Waals surface area (Å²) < 4.78 is 30.4. The number of rotatable bonds is 8. The zero-order valence-electron chi connectivity index (χ0n) is 15.5. The van der Waals surface area contributed by atoms with Gasteiger partial charge in [0.25, 0.3) is 5.56 Å². The zero-order chi connectivity index (χ0) is 19.5. The van der Waals surface area contributed by atoms with Crippen molar-refractivity contribution in [2.75, 3.05) is 19.4 Å². The maximum absolute atomic E-state index is 12.7. The summed E-state index contributed by atoms with van der Waals surface area (Å²) in [5, 5.41) is 10.4. The molecule has 4 atom stereocenters. The Morgan fingerprint density at radius 2 is 2.00 bits per heavy atom. The summed E-state index contributed by atoms with van der Waals surface area (Å²) in [5.74, 6) is -0.321. The van der Waals surface area contributed by atoms with Crippen LogP contribution in [0.5, 0.6) is 0 Å². The number of aliphatic hydroxyl groups excluding tert-OH is 1. The van der Waals surface area contributed by atoms with Crippen LogP contribution in [-0.4, -0.2) is 46.2 Å². The molecule has 1 aromatic rings. The second-order valence-corrected chi connectivity index (χ2v) is 8.55. The van der Waals surface area contributed by atoms with Crippen LogP contribution in [0, 0.1) is 12.8 Å². The summed E-state index contributed by atoms with van der Waals surface area (Å²) in [5.41, 5.74) is -0.680. The first-order valence-electron chi connectivity index (χ1n) is 8.74. The van der Waals surface area contributed by atoms with Gasteiger partial charge in [-0.05, 0) is 26.7 Å². The Bertz CT molecular complexity index is 765. The molecule has 0 aromatic carbocycles. The highest BCUT2D eigenvalue weighted by atomic mass is 31.2. The van der Waals surface area contributed by atoms with Gasteiger partial charge in [0, 0.05) is 18.2 Å². The smallest absolute Gasteiger partial charge is 0.331 e. The van der Waals surface area contributed by atoms with Crippen LogP contribution >= 0.6 is 7.60 Å². The summed E-state index contributed by atoms with van der Waals surface area (Å²) in [4.78, 5) is 25.7. The van der Waals surface area contributed by atoms with Crippen LogP contribution in [0.2, 0.25) is 0 Å². The quantitative estimate of drug-likeness (QED) is 0.644. The third-order valence-corrected chi connectivity index (χ3v) is 6.64. The highest BCUT2D eigenvalue weighted by Crippen LogP contribution is 2.51. The van der Waals surface area contributed by atoms with E-state index in [1.165, 1.54) is 10.8 Å². The van der Waals surface area contributed by atoms with Crippen molar-refractivity contribution < 1.29 is 23.5 Å². The average Bonchev–Trinajstić information content (AvgIpc) is 2.93. The van der Waals surface area contributed by atoms with Crippen molar-refractivity contribution in [2.45, 2.75) is 52.6 Å². The van der Waals surface area contributed by atoms with Crippen molar-refractivity contribution in [2.24, 2.45) is 5.92 Å². The topological polar surface area (TPSA) is 120 Å². The van der Waals surface area contributed by atoms with Crippen LogP contribution in [0.3, 0.4) is 0 Å². The van der Waals surface area contributed by atoms with E-state index in [9.17, 15) is 19.3 Å². The van der Waals surface area contributed by atoms with Crippen molar-refractivity contribution in [1.29, 1.82) is 0 Å². The van der Waals surface area contributed by atoms with Gasteiger partial charge < -0.3 is 18.9 Å². The predicted molar refractivity (Wildman–Crippen MR) is 95.5 cm³/mol. The lowest BCUT2D eigenvalue weighted by Crippen LogP contribution is -2.34.